The van der Waals surface area contributed by atoms with Crippen LogP contribution in [-0.2, 0) is 31.4 Å². The van der Waals surface area contributed by atoms with Crippen LogP contribution in [0.1, 0.15) is 52.0 Å². The van der Waals surface area contributed by atoms with Gasteiger partial charge in [-0.1, -0.05) is 24.3 Å². The summed E-state index contributed by atoms with van der Waals surface area (Å²) in [6.45, 7) is 5.92. The van der Waals surface area contributed by atoms with Gasteiger partial charge in [0.15, 0.2) is 5.58 Å². The lowest BCUT2D eigenvalue weighted by Gasteiger charge is -2.38. The molecule has 2 atom stereocenters. The lowest BCUT2D eigenvalue weighted by Crippen LogP contribution is -2.54. The molecule has 5 aromatic rings. The number of likely N-dealkylation sites (tertiary alicyclic amines) is 1. The summed E-state index contributed by atoms with van der Waals surface area (Å²) in [6.07, 6.45) is 0.601. The molecule has 0 radical (unpaired) electrons. The number of aromatic nitrogens is 3. The molecule has 1 saturated heterocycles. The van der Waals surface area contributed by atoms with E-state index in [0.29, 0.717) is 52.7 Å². The molecular formula is C37H36ClN7O5. The van der Waals surface area contributed by atoms with Gasteiger partial charge >= 0.3 is 11.9 Å². The predicted octanol–water partition coefficient (Wildman–Crippen LogP) is 5.27. The van der Waals surface area contributed by atoms with Gasteiger partial charge in [0.05, 0.1) is 23.0 Å². The number of anilines is 1. The first-order valence-electron chi connectivity index (χ1n) is 16.3. The molecule has 2 aliphatic heterocycles. The number of rotatable bonds is 7. The number of nitriles is 1. The van der Waals surface area contributed by atoms with E-state index in [-0.39, 0.29) is 24.9 Å². The molecular weight excluding hydrogens is 658 g/mol. The number of halogens is 1. The molecule has 2 unspecified atom stereocenters. The van der Waals surface area contributed by atoms with Gasteiger partial charge in [-0.2, -0.15) is 5.26 Å². The fourth-order valence-corrected chi connectivity index (χ4v) is 7.18. The van der Waals surface area contributed by atoms with Crippen LogP contribution in [0.3, 0.4) is 0 Å². The van der Waals surface area contributed by atoms with E-state index in [4.69, 9.17) is 21.2 Å². The molecule has 3 aromatic carbocycles. The number of carboxylic acids is 1. The number of imidazole rings is 1. The molecule has 50 heavy (non-hydrogen) atoms. The second kappa shape index (κ2) is 12.7. The minimum atomic E-state index is -1.13. The van der Waals surface area contributed by atoms with E-state index in [0.717, 1.165) is 45.2 Å². The van der Waals surface area contributed by atoms with Crippen LogP contribution >= 0.6 is 11.8 Å². The second-order valence-electron chi connectivity index (χ2n) is 13.4. The first kappa shape index (κ1) is 33.4. The van der Waals surface area contributed by atoms with Crippen LogP contribution in [0.5, 0.6) is 0 Å². The zero-order chi connectivity index (χ0) is 35.5. The van der Waals surface area contributed by atoms with Gasteiger partial charge in [0.2, 0.25) is 11.7 Å². The number of amides is 1. The Kier molecular flexibility index (Phi) is 8.48. The molecule has 256 valence electrons. The second-order valence-corrected chi connectivity index (χ2v) is 13.8. The molecule has 13 heteroatoms. The minimum absolute atomic E-state index is 0.116. The quantitative estimate of drug-likeness (QED) is 0.216. The number of aliphatic carboxylic acids is 1. The highest BCUT2D eigenvalue weighted by Crippen LogP contribution is 2.36. The molecule has 2 N–H and O–H groups in total. The van der Waals surface area contributed by atoms with Crippen molar-refractivity contribution in [3.8, 4) is 28.7 Å². The fourth-order valence-electron chi connectivity index (χ4n) is 7.00. The summed E-state index contributed by atoms with van der Waals surface area (Å²) in [4.78, 5) is 39.0. The molecule has 12 nitrogen and oxygen atoms in total. The van der Waals surface area contributed by atoms with E-state index in [9.17, 15) is 25.1 Å². The molecule has 1 amide bonds. The van der Waals surface area contributed by atoms with Gasteiger partial charge in [0.25, 0.3) is 0 Å². The Morgan fingerprint density at radius 1 is 1.14 bits per heavy atom. The number of aliphatic hydroxyl groups excluding tert-OH is 1. The zero-order valence-corrected chi connectivity index (χ0v) is 28.9. The molecule has 0 saturated carbocycles. The molecule has 4 heterocycles. The highest BCUT2D eigenvalue weighted by Gasteiger charge is 2.44. The van der Waals surface area contributed by atoms with Crippen molar-refractivity contribution >= 4 is 40.4 Å². The maximum absolute atomic E-state index is 13.7. The maximum Gasteiger partial charge on any atom is 0.324 e. The van der Waals surface area contributed by atoms with Gasteiger partial charge in [-0.15, -0.1) is 0 Å². The Balaban J connectivity index is 1.17. The van der Waals surface area contributed by atoms with E-state index < -0.39 is 17.4 Å². The summed E-state index contributed by atoms with van der Waals surface area (Å²) in [5, 5.41) is 29.7. The summed E-state index contributed by atoms with van der Waals surface area (Å²) in [5.41, 5.74) is 6.32. The van der Waals surface area contributed by atoms with Crippen LogP contribution in [0.25, 0.3) is 33.7 Å². The van der Waals surface area contributed by atoms with Crippen molar-refractivity contribution in [1.82, 2.24) is 24.3 Å². The van der Waals surface area contributed by atoms with E-state index in [1.807, 2.05) is 55.5 Å². The number of fused-ring (bicyclic) bond motifs is 2. The summed E-state index contributed by atoms with van der Waals surface area (Å²) >= 11 is 6.69. The standard InChI is InChI=1S/C37H36ClN7O5/c1-21-27(9-6-10-28(21)34-41-29-14-22(13-24(17-39)32(29)50-34)18-44-12-11-26(46)19-44)23-7-5-8-25(15-23)45(38)35(47)33-40-30-20-42(3)37(2,36(48)49)16-31(30)43(33)4/h5-10,13-15,26,46H,11-12,16,18-20H2,1-4H3,(H,48,49). The van der Waals surface area contributed by atoms with Crippen molar-refractivity contribution in [3.05, 3.63) is 88.5 Å². The average Bonchev–Trinajstić information content (AvgIpc) is 3.80. The van der Waals surface area contributed by atoms with Crippen LogP contribution < -0.4 is 4.42 Å². The molecule has 0 bridgehead atoms. The number of β-amino-alcohol motifs (C(OH)–C–C–N with tert-alkyl or cyclic N) is 1. The number of benzene rings is 3. The first-order valence-corrected chi connectivity index (χ1v) is 16.7. The van der Waals surface area contributed by atoms with Crippen LogP contribution in [0.4, 0.5) is 5.69 Å². The molecule has 2 aromatic heterocycles. The number of carbonyl (C=O) groups is 2. The van der Waals surface area contributed by atoms with Gasteiger partial charge in [-0.05, 0) is 79.9 Å². The smallest absolute Gasteiger partial charge is 0.324 e. The highest BCUT2D eigenvalue weighted by atomic mass is 35.5. The molecule has 0 aliphatic carbocycles. The van der Waals surface area contributed by atoms with Crippen LogP contribution in [-0.4, -0.2) is 78.2 Å². The number of nitrogens with zero attached hydrogens (tertiary/aromatic N) is 7. The molecule has 2 aliphatic rings. The highest BCUT2D eigenvalue weighted by molar-refractivity contribution is 6.38. The van der Waals surface area contributed by atoms with Gasteiger partial charge in [-0.3, -0.25) is 19.4 Å². The Labute approximate surface area is 293 Å². The maximum atomic E-state index is 13.7. The van der Waals surface area contributed by atoms with E-state index in [1.54, 1.807) is 36.6 Å². The Bertz CT molecular complexity index is 2220. The van der Waals surface area contributed by atoms with Crippen LogP contribution in [0.2, 0.25) is 0 Å². The van der Waals surface area contributed by atoms with Crippen LogP contribution in [0, 0.1) is 18.3 Å². The minimum Gasteiger partial charge on any atom is -0.480 e. The number of likely N-dealkylation sites (N-methyl/N-ethyl adjacent to an activating group) is 1. The number of hydrogen-bond donors (Lipinski definition) is 2. The van der Waals surface area contributed by atoms with Crippen molar-refractivity contribution in [2.45, 2.75) is 51.4 Å². The Hall–Kier alpha value is -5.06. The zero-order valence-electron chi connectivity index (χ0n) is 28.1. The third-order valence-corrected chi connectivity index (χ3v) is 10.5. The number of oxazole rings is 1. The Morgan fingerprint density at radius 2 is 1.90 bits per heavy atom. The van der Waals surface area contributed by atoms with E-state index in [2.05, 4.69) is 16.0 Å². The third kappa shape index (κ3) is 5.72. The SMILES string of the molecule is Cc1c(-c2cccc(N(Cl)C(=O)c3nc4c(n3C)CC(C)(C(=O)O)N(C)C4)c2)cccc1-c1nc2cc(CN3CCC(O)C3)cc(C#N)c2o1. The predicted molar refractivity (Wildman–Crippen MR) is 187 cm³/mol. The summed E-state index contributed by atoms with van der Waals surface area (Å²) in [7, 11) is 3.44. The van der Waals surface area contributed by atoms with Gasteiger partial charge < -0.3 is 19.2 Å². The number of hydrogen-bond acceptors (Lipinski definition) is 9. The number of carbonyl (C=O) groups excluding carboxylic acids is 1. The third-order valence-electron chi connectivity index (χ3n) is 10.1. The van der Waals surface area contributed by atoms with E-state index >= 15 is 0 Å². The number of aliphatic hydroxyl groups is 1. The first-order chi connectivity index (χ1) is 23.9. The average molecular weight is 694 g/mol. The summed E-state index contributed by atoms with van der Waals surface area (Å²) in [5.74, 6) is -0.975. The molecule has 7 rings (SSSR count). The largest absolute Gasteiger partial charge is 0.480 e. The van der Waals surface area contributed by atoms with Crippen molar-refractivity contribution in [1.29, 1.82) is 5.26 Å². The van der Waals surface area contributed by atoms with Crippen molar-refractivity contribution in [3.63, 3.8) is 0 Å². The van der Waals surface area contributed by atoms with Crippen molar-refractivity contribution in [2.24, 2.45) is 7.05 Å². The van der Waals surface area contributed by atoms with Crippen LogP contribution in [0.15, 0.2) is 59.0 Å². The normalized spacial score (nSPS) is 19.4. The summed E-state index contributed by atoms with van der Waals surface area (Å²) in [6, 6.07) is 19.1. The topological polar surface area (TPSA) is 152 Å². The van der Waals surface area contributed by atoms with Gasteiger partial charge in [-0.25, -0.2) is 14.4 Å². The molecule has 1 fully saturated rings. The fraction of sp³-hybridized carbons (Fsp3) is 0.324. The molecule has 0 spiro atoms. The van der Waals surface area contributed by atoms with Crippen molar-refractivity contribution < 1.29 is 24.2 Å². The van der Waals surface area contributed by atoms with Gasteiger partial charge in [0, 0.05) is 62.7 Å². The van der Waals surface area contributed by atoms with E-state index in [1.165, 1.54) is 0 Å². The van der Waals surface area contributed by atoms with Gasteiger partial charge in [0.1, 0.15) is 17.1 Å². The summed E-state index contributed by atoms with van der Waals surface area (Å²) < 4.78 is 8.87. The Morgan fingerprint density at radius 3 is 2.62 bits per heavy atom. The number of carboxylic acid groups (broad SMARTS) is 1. The lowest BCUT2D eigenvalue weighted by molar-refractivity contribution is -0.150. The van der Waals surface area contributed by atoms with Crippen molar-refractivity contribution in [2.75, 3.05) is 24.6 Å². The lowest BCUT2D eigenvalue weighted by atomic mass is 9.89. The monoisotopic (exact) mass is 693 g/mol.